The molecule has 0 fully saturated rings. The van der Waals surface area contributed by atoms with Crippen molar-refractivity contribution in [1.82, 2.24) is 5.32 Å². The molecule has 0 aliphatic rings. The number of amides is 1. The van der Waals surface area contributed by atoms with Gasteiger partial charge in [0.2, 0.25) is 5.91 Å². The zero-order valence-electron chi connectivity index (χ0n) is 17.1. The van der Waals surface area contributed by atoms with E-state index in [4.69, 9.17) is 15.2 Å². The summed E-state index contributed by atoms with van der Waals surface area (Å²) in [5.41, 5.74) is 8.51. The van der Waals surface area contributed by atoms with Gasteiger partial charge in [-0.2, -0.15) is 0 Å². The highest BCUT2D eigenvalue weighted by atomic mass is 32.2. The number of anilines is 1. The van der Waals surface area contributed by atoms with E-state index in [1.165, 1.54) is 11.8 Å². The van der Waals surface area contributed by atoms with Crippen molar-refractivity contribution in [2.24, 2.45) is 0 Å². The fourth-order valence-corrected chi connectivity index (χ4v) is 4.09. The molecule has 1 unspecified atom stereocenters. The minimum absolute atomic E-state index is 0.0245. The number of carbonyl (C=O) groups is 1. The van der Waals surface area contributed by atoms with Crippen molar-refractivity contribution in [2.75, 3.05) is 26.5 Å². The number of hydrogen-bond donors (Lipinski definition) is 2. The average Bonchev–Trinajstić information content (AvgIpc) is 2.79. The van der Waals surface area contributed by atoms with Crippen molar-refractivity contribution in [1.29, 1.82) is 0 Å². The largest absolute Gasteiger partial charge is 0.493 e. The first-order valence-electron chi connectivity index (χ1n) is 9.66. The van der Waals surface area contributed by atoms with Crippen LogP contribution in [0.4, 0.5) is 5.69 Å². The Morgan fingerprint density at radius 1 is 0.967 bits per heavy atom. The third kappa shape index (κ3) is 5.70. The van der Waals surface area contributed by atoms with Crippen LogP contribution in [0.25, 0.3) is 0 Å². The summed E-state index contributed by atoms with van der Waals surface area (Å²) < 4.78 is 10.6. The lowest BCUT2D eigenvalue weighted by atomic mass is 10.1. The van der Waals surface area contributed by atoms with Gasteiger partial charge in [-0.1, -0.05) is 36.4 Å². The van der Waals surface area contributed by atoms with Crippen molar-refractivity contribution in [3.63, 3.8) is 0 Å². The van der Waals surface area contributed by atoms with Crippen LogP contribution in [-0.2, 0) is 11.2 Å². The SMILES string of the molecule is COc1ccc(CCNC(=O)C(Sc2ccc(N)cc2)c2ccccc2)cc1OC. The number of nitrogens with one attached hydrogen (secondary N) is 1. The molecule has 0 aromatic heterocycles. The molecule has 0 bridgehead atoms. The van der Waals surface area contributed by atoms with Crippen LogP contribution in [0.2, 0.25) is 0 Å². The van der Waals surface area contributed by atoms with Crippen LogP contribution in [0.15, 0.2) is 77.7 Å². The minimum atomic E-state index is -0.347. The van der Waals surface area contributed by atoms with Gasteiger partial charge < -0.3 is 20.5 Å². The molecule has 0 heterocycles. The number of nitrogens with two attached hydrogens (primary N) is 1. The van der Waals surface area contributed by atoms with Crippen LogP contribution in [-0.4, -0.2) is 26.7 Å². The fourth-order valence-electron chi connectivity index (χ4n) is 3.04. The van der Waals surface area contributed by atoms with E-state index in [-0.39, 0.29) is 11.2 Å². The van der Waals surface area contributed by atoms with E-state index in [1.54, 1.807) is 14.2 Å². The molecule has 0 aliphatic heterocycles. The summed E-state index contributed by atoms with van der Waals surface area (Å²) in [6.07, 6.45) is 0.695. The van der Waals surface area contributed by atoms with Crippen LogP contribution in [0, 0.1) is 0 Å². The number of rotatable bonds is 9. The third-order valence-corrected chi connectivity index (χ3v) is 5.90. The monoisotopic (exact) mass is 422 g/mol. The summed E-state index contributed by atoms with van der Waals surface area (Å²) in [4.78, 5) is 14.0. The van der Waals surface area contributed by atoms with Gasteiger partial charge in [-0.15, -0.1) is 11.8 Å². The van der Waals surface area contributed by atoms with E-state index in [9.17, 15) is 4.79 Å². The van der Waals surface area contributed by atoms with Gasteiger partial charge in [0.15, 0.2) is 11.5 Å². The lowest BCUT2D eigenvalue weighted by molar-refractivity contribution is -0.120. The van der Waals surface area contributed by atoms with E-state index < -0.39 is 0 Å². The number of nitrogen functional groups attached to an aromatic ring is 1. The van der Waals surface area contributed by atoms with Crippen molar-refractivity contribution >= 4 is 23.4 Å². The maximum absolute atomic E-state index is 13.0. The Morgan fingerprint density at radius 3 is 2.33 bits per heavy atom. The number of methoxy groups -OCH3 is 2. The van der Waals surface area contributed by atoms with Gasteiger partial charge >= 0.3 is 0 Å². The molecule has 0 radical (unpaired) electrons. The van der Waals surface area contributed by atoms with Crippen LogP contribution in [0.3, 0.4) is 0 Å². The Kier molecular flexibility index (Phi) is 7.63. The van der Waals surface area contributed by atoms with Crippen LogP contribution in [0.5, 0.6) is 11.5 Å². The summed E-state index contributed by atoms with van der Waals surface area (Å²) in [5.74, 6) is 1.35. The first-order valence-corrected chi connectivity index (χ1v) is 10.5. The zero-order valence-corrected chi connectivity index (χ0v) is 17.9. The predicted molar refractivity (Wildman–Crippen MR) is 122 cm³/mol. The Hall–Kier alpha value is -3.12. The normalized spacial score (nSPS) is 11.5. The topological polar surface area (TPSA) is 73.6 Å². The molecule has 3 aromatic carbocycles. The van der Waals surface area contributed by atoms with E-state index >= 15 is 0 Å². The molecule has 0 aliphatic carbocycles. The summed E-state index contributed by atoms with van der Waals surface area (Å²) >= 11 is 1.51. The highest BCUT2D eigenvalue weighted by Gasteiger charge is 2.21. The second kappa shape index (κ2) is 10.6. The number of thioether (sulfide) groups is 1. The molecule has 6 heteroatoms. The Balaban J connectivity index is 1.67. The zero-order chi connectivity index (χ0) is 21.3. The van der Waals surface area contributed by atoms with E-state index in [1.807, 2.05) is 72.8 Å². The number of ether oxygens (including phenoxy) is 2. The molecule has 3 N–H and O–H groups in total. The molecular weight excluding hydrogens is 396 g/mol. The molecule has 156 valence electrons. The van der Waals surface area contributed by atoms with Crippen LogP contribution >= 0.6 is 11.8 Å². The van der Waals surface area contributed by atoms with Crippen LogP contribution < -0.4 is 20.5 Å². The number of hydrogen-bond acceptors (Lipinski definition) is 5. The van der Waals surface area contributed by atoms with Crippen molar-refractivity contribution in [2.45, 2.75) is 16.6 Å². The Bertz CT molecular complexity index is 962. The molecule has 0 spiro atoms. The lowest BCUT2D eigenvalue weighted by Crippen LogP contribution is -2.29. The second-order valence-electron chi connectivity index (χ2n) is 6.71. The smallest absolute Gasteiger partial charge is 0.238 e. The molecule has 30 heavy (non-hydrogen) atoms. The van der Waals surface area contributed by atoms with E-state index in [0.717, 1.165) is 16.0 Å². The fraction of sp³-hybridized carbons (Fsp3) is 0.208. The summed E-state index contributed by atoms with van der Waals surface area (Å²) in [6, 6.07) is 23.1. The Labute approximate surface area is 181 Å². The second-order valence-corrected chi connectivity index (χ2v) is 7.89. The number of carbonyl (C=O) groups excluding carboxylic acids is 1. The van der Waals surface area contributed by atoms with Crippen molar-refractivity contribution in [3.8, 4) is 11.5 Å². The molecule has 0 saturated heterocycles. The number of benzene rings is 3. The van der Waals surface area contributed by atoms with Gasteiger partial charge in [-0.3, -0.25) is 4.79 Å². The first kappa shape index (κ1) is 21.6. The standard InChI is InChI=1S/C24H26N2O3S/c1-28-21-13-8-17(16-22(21)29-2)14-15-26-24(27)23(18-6-4-3-5-7-18)30-20-11-9-19(25)10-12-20/h3-13,16,23H,14-15,25H2,1-2H3,(H,26,27). The average molecular weight is 423 g/mol. The van der Waals surface area contributed by atoms with Gasteiger partial charge in [0.05, 0.1) is 14.2 Å². The quantitative estimate of drug-likeness (QED) is 0.393. The van der Waals surface area contributed by atoms with Gasteiger partial charge in [0.1, 0.15) is 5.25 Å². The molecule has 3 rings (SSSR count). The molecular formula is C24H26N2O3S. The lowest BCUT2D eigenvalue weighted by Gasteiger charge is -2.17. The summed E-state index contributed by atoms with van der Waals surface area (Å²) in [7, 11) is 3.22. The Morgan fingerprint density at radius 2 is 1.67 bits per heavy atom. The van der Waals surface area contributed by atoms with Gasteiger partial charge in [0.25, 0.3) is 0 Å². The third-order valence-electron chi connectivity index (χ3n) is 4.64. The predicted octanol–water partition coefficient (Wildman–Crippen LogP) is 4.48. The summed E-state index contributed by atoms with van der Waals surface area (Å²) in [6.45, 7) is 0.528. The van der Waals surface area contributed by atoms with Crippen molar-refractivity contribution < 1.29 is 14.3 Å². The van der Waals surface area contributed by atoms with Gasteiger partial charge in [0, 0.05) is 17.1 Å². The van der Waals surface area contributed by atoms with Gasteiger partial charge in [-0.05, 0) is 53.9 Å². The summed E-state index contributed by atoms with van der Waals surface area (Å²) in [5, 5.41) is 2.72. The van der Waals surface area contributed by atoms with E-state index in [2.05, 4.69) is 5.32 Å². The molecule has 3 aromatic rings. The highest BCUT2D eigenvalue weighted by molar-refractivity contribution is 8.00. The molecule has 5 nitrogen and oxygen atoms in total. The minimum Gasteiger partial charge on any atom is -0.493 e. The molecule has 1 atom stereocenters. The highest BCUT2D eigenvalue weighted by Crippen LogP contribution is 2.35. The maximum atomic E-state index is 13.0. The molecule has 1 amide bonds. The van der Waals surface area contributed by atoms with Crippen LogP contribution in [0.1, 0.15) is 16.4 Å². The van der Waals surface area contributed by atoms with E-state index in [0.29, 0.717) is 30.2 Å². The van der Waals surface area contributed by atoms with Crippen molar-refractivity contribution in [3.05, 3.63) is 83.9 Å². The maximum Gasteiger partial charge on any atom is 0.238 e. The first-order chi connectivity index (χ1) is 14.6. The van der Waals surface area contributed by atoms with Gasteiger partial charge in [-0.25, -0.2) is 0 Å². The molecule has 0 saturated carbocycles.